The second-order valence-electron chi connectivity index (χ2n) is 6.91. The molecule has 2 rings (SSSR count). The number of aryl methyl sites for hydroxylation is 1. The van der Waals surface area contributed by atoms with Gasteiger partial charge >= 0.3 is 12.0 Å². The lowest BCUT2D eigenvalue weighted by molar-refractivity contribution is -0.152. The van der Waals surface area contributed by atoms with E-state index in [1.165, 1.54) is 0 Å². The fraction of sp³-hybridized carbons (Fsp3) is 0.474. The molecule has 146 valence electrons. The van der Waals surface area contributed by atoms with Gasteiger partial charge in [-0.1, -0.05) is 12.1 Å². The van der Waals surface area contributed by atoms with Crippen molar-refractivity contribution in [3.8, 4) is 0 Å². The summed E-state index contributed by atoms with van der Waals surface area (Å²) >= 11 is 0. The molecule has 0 radical (unpaired) electrons. The monoisotopic (exact) mass is 375 g/mol. The highest BCUT2D eigenvalue weighted by Crippen LogP contribution is 2.29. The van der Waals surface area contributed by atoms with Gasteiger partial charge in [0.2, 0.25) is 5.91 Å². The molecule has 1 heterocycles. The third-order valence-electron chi connectivity index (χ3n) is 4.34. The highest BCUT2D eigenvalue weighted by molar-refractivity contribution is 6.00. The standard InChI is InChI=1S/C19H25N3O5/c1-11(2)20-19(26)21-16(23)10-27-18(25)14-8-17(24)22(9-14)15-7-5-6-12(3)13(15)4/h5-7,11,14H,8-10H2,1-4H3,(H2,20,21,23,26)/t14-/m1/s1. The van der Waals surface area contributed by atoms with E-state index in [1.807, 2.05) is 32.0 Å². The second kappa shape index (κ2) is 8.66. The first-order valence-corrected chi connectivity index (χ1v) is 8.82. The largest absolute Gasteiger partial charge is 0.455 e. The van der Waals surface area contributed by atoms with Gasteiger partial charge in [-0.25, -0.2) is 4.79 Å². The average Bonchev–Trinajstić information content (AvgIpc) is 2.96. The zero-order valence-corrected chi connectivity index (χ0v) is 16.0. The third-order valence-corrected chi connectivity index (χ3v) is 4.34. The molecule has 8 heteroatoms. The number of nitrogens with one attached hydrogen (secondary N) is 2. The number of hydrogen-bond acceptors (Lipinski definition) is 5. The fourth-order valence-corrected chi connectivity index (χ4v) is 2.84. The number of esters is 1. The van der Waals surface area contributed by atoms with Crippen molar-refractivity contribution in [2.75, 3.05) is 18.1 Å². The molecule has 0 aromatic heterocycles. The number of imide groups is 1. The van der Waals surface area contributed by atoms with Crippen molar-refractivity contribution in [3.05, 3.63) is 29.3 Å². The van der Waals surface area contributed by atoms with Crippen LogP contribution in [0.1, 0.15) is 31.4 Å². The van der Waals surface area contributed by atoms with Gasteiger partial charge in [0, 0.05) is 24.7 Å². The number of nitrogens with zero attached hydrogens (tertiary/aromatic N) is 1. The SMILES string of the molecule is Cc1cccc(N2C[C@H](C(=O)OCC(=O)NC(=O)NC(C)C)CC2=O)c1C. The molecule has 27 heavy (non-hydrogen) atoms. The van der Waals surface area contributed by atoms with E-state index < -0.39 is 30.4 Å². The van der Waals surface area contributed by atoms with Gasteiger partial charge < -0.3 is 15.0 Å². The Hall–Kier alpha value is -2.90. The molecule has 0 aliphatic carbocycles. The molecule has 1 aromatic carbocycles. The van der Waals surface area contributed by atoms with Crippen molar-refractivity contribution < 1.29 is 23.9 Å². The van der Waals surface area contributed by atoms with Crippen molar-refractivity contribution in [2.45, 2.75) is 40.2 Å². The summed E-state index contributed by atoms with van der Waals surface area (Å²) in [5.74, 6) is -2.16. The Morgan fingerprint density at radius 1 is 1.26 bits per heavy atom. The Labute approximate surface area is 158 Å². The summed E-state index contributed by atoms with van der Waals surface area (Å²) in [6.45, 7) is 7.02. The van der Waals surface area contributed by atoms with Gasteiger partial charge in [0.25, 0.3) is 5.91 Å². The third kappa shape index (κ3) is 5.29. The maximum Gasteiger partial charge on any atom is 0.321 e. The Kier molecular flexibility index (Phi) is 6.55. The molecule has 8 nitrogen and oxygen atoms in total. The Bertz CT molecular complexity index is 760. The van der Waals surface area contributed by atoms with Gasteiger partial charge in [0.05, 0.1) is 5.92 Å². The summed E-state index contributed by atoms with van der Waals surface area (Å²) in [5.41, 5.74) is 2.82. The molecule has 1 atom stereocenters. The maximum absolute atomic E-state index is 12.3. The van der Waals surface area contributed by atoms with Gasteiger partial charge in [0.1, 0.15) is 0 Å². The molecular formula is C19H25N3O5. The van der Waals surface area contributed by atoms with Crippen molar-refractivity contribution in [1.29, 1.82) is 0 Å². The highest BCUT2D eigenvalue weighted by Gasteiger charge is 2.37. The number of benzene rings is 1. The first kappa shape index (κ1) is 20.4. The number of anilines is 1. The predicted octanol–water partition coefficient (Wildman–Crippen LogP) is 1.43. The van der Waals surface area contributed by atoms with Crippen molar-refractivity contribution in [2.24, 2.45) is 5.92 Å². The number of ether oxygens (including phenoxy) is 1. The van der Waals surface area contributed by atoms with Crippen molar-refractivity contribution in [3.63, 3.8) is 0 Å². The number of amides is 4. The molecule has 4 amide bonds. The lowest BCUT2D eigenvalue weighted by Crippen LogP contribution is -2.44. The molecule has 1 aliphatic heterocycles. The fourth-order valence-electron chi connectivity index (χ4n) is 2.84. The summed E-state index contributed by atoms with van der Waals surface area (Å²) in [5, 5.41) is 4.56. The van der Waals surface area contributed by atoms with Crippen LogP contribution in [-0.2, 0) is 19.1 Å². The Morgan fingerprint density at radius 2 is 1.96 bits per heavy atom. The van der Waals surface area contributed by atoms with Crippen LogP contribution >= 0.6 is 0 Å². The van der Waals surface area contributed by atoms with Gasteiger partial charge in [-0.15, -0.1) is 0 Å². The Balaban J connectivity index is 1.89. The van der Waals surface area contributed by atoms with E-state index in [2.05, 4.69) is 10.6 Å². The van der Waals surface area contributed by atoms with Gasteiger partial charge in [-0.05, 0) is 44.9 Å². The molecule has 1 aromatic rings. The Morgan fingerprint density at radius 3 is 2.63 bits per heavy atom. The van der Waals surface area contributed by atoms with Crippen LogP contribution in [0.2, 0.25) is 0 Å². The van der Waals surface area contributed by atoms with E-state index in [-0.39, 0.29) is 24.9 Å². The number of urea groups is 1. The van der Waals surface area contributed by atoms with E-state index in [0.717, 1.165) is 16.8 Å². The van der Waals surface area contributed by atoms with Gasteiger partial charge in [-0.3, -0.25) is 19.7 Å². The van der Waals surface area contributed by atoms with Crippen LogP contribution in [0.25, 0.3) is 0 Å². The highest BCUT2D eigenvalue weighted by atomic mass is 16.5. The molecular weight excluding hydrogens is 350 g/mol. The first-order valence-electron chi connectivity index (χ1n) is 8.82. The molecule has 1 fully saturated rings. The number of hydrogen-bond donors (Lipinski definition) is 2. The van der Waals surface area contributed by atoms with E-state index in [9.17, 15) is 19.2 Å². The quantitative estimate of drug-likeness (QED) is 0.758. The van der Waals surface area contributed by atoms with E-state index >= 15 is 0 Å². The van der Waals surface area contributed by atoms with Crippen molar-refractivity contribution in [1.82, 2.24) is 10.6 Å². The second-order valence-corrected chi connectivity index (χ2v) is 6.91. The van der Waals surface area contributed by atoms with E-state index in [0.29, 0.717) is 0 Å². The van der Waals surface area contributed by atoms with Crippen molar-refractivity contribution >= 4 is 29.5 Å². The lowest BCUT2D eigenvalue weighted by atomic mass is 10.1. The molecule has 1 saturated heterocycles. The zero-order chi connectivity index (χ0) is 20.1. The topological polar surface area (TPSA) is 105 Å². The number of carbonyl (C=O) groups is 4. The minimum atomic E-state index is -0.725. The van der Waals surface area contributed by atoms with Gasteiger partial charge in [-0.2, -0.15) is 0 Å². The molecule has 0 spiro atoms. The summed E-state index contributed by atoms with van der Waals surface area (Å²) in [4.78, 5) is 49.2. The zero-order valence-electron chi connectivity index (χ0n) is 16.0. The molecule has 0 saturated carbocycles. The van der Waals surface area contributed by atoms with E-state index in [1.54, 1.807) is 18.7 Å². The predicted molar refractivity (Wildman–Crippen MR) is 99.1 cm³/mol. The smallest absolute Gasteiger partial charge is 0.321 e. The molecule has 0 bridgehead atoms. The number of rotatable bonds is 5. The van der Waals surface area contributed by atoms with E-state index in [4.69, 9.17) is 4.74 Å². The molecule has 0 unspecified atom stereocenters. The maximum atomic E-state index is 12.3. The summed E-state index contributed by atoms with van der Waals surface area (Å²) in [6.07, 6.45) is 0.0294. The van der Waals surface area contributed by atoms with Crippen LogP contribution in [-0.4, -0.2) is 43.0 Å². The first-order chi connectivity index (χ1) is 12.7. The minimum absolute atomic E-state index is 0.0294. The van der Waals surface area contributed by atoms with Crippen LogP contribution in [0.5, 0.6) is 0 Å². The van der Waals surface area contributed by atoms with Crippen LogP contribution in [0.15, 0.2) is 18.2 Å². The van der Waals surface area contributed by atoms with Crippen LogP contribution in [0, 0.1) is 19.8 Å². The molecule has 1 aliphatic rings. The summed E-state index contributed by atoms with van der Waals surface area (Å²) in [7, 11) is 0. The lowest BCUT2D eigenvalue weighted by Gasteiger charge is -2.20. The van der Waals surface area contributed by atoms with Crippen LogP contribution < -0.4 is 15.5 Å². The minimum Gasteiger partial charge on any atom is -0.455 e. The molecule has 2 N–H and O–H groups in total. The normalized spacial score (nSPS) is 16.4. The van der Waals surface area contributed by atoms with Crippen LogP contribution in [0.4, 0.5) is 10.5 Å². The number of carbonyl (C=O) groups excluding carboxylic acids is 4. The van der Waals surface area contributed by atoms with Gasteiger partial charge in [0.15, 0.2) is 6.61 Å². The average molecular weight is 375 g/mol. The van der Waals surface area contributed by atoms with Crippen LogP contribution in [0.3, 0.4) is 0 Å². The summed E-state index contributed by atoms with van der Waals surface area (Å²) in [6, 6.07) is 4.89. The summed E-state index contributed by atoms with van der Waals surface area (Å²) < 4.78 is 4.97.